The molecule has 0 atom stereocenters. The van der Waals surface area contributed by atoms with Crippen molar-refractivity contribution in [3.8, 4) is 0 Å². The molecule has 0 amide bonds. The summed E-state index contributed by atoms with van der Waals surface area (Å²) in [6, 6.07) is 5.98. The van der Waals surface area contributed by atoms with Crippen LogP contribution in [0.5, 0.6) is 0 Å². The molecule has 2 aromatic rings. The Labute approximate surface area is 164 Å². The molecule has 1 saturated heterocycles. The molecule has 1 aromatic heterocycles. The molecule has 0 saturated carbocycles. The van der Waals surface area contributed by atoms with E-state index in [0.717, 1.165) is 32.1 Å². The minimum absolute atomic E-state index is 0.0745. The molecular weight excluding hydrogens is 382 g/mol. The molecule has 9 nitrogen and oxygen atoms in total. The van der Waals surface area contributed by atoms with Crippen LogP contribution < -0.4 is 0 Å². The van der Waals surface area contributed by atoms with Crippen LogP contribution in [0.2, 0.25) is 0 Å². The van der Waals surface area contributed by atoms with Crippen LogP contribution in [-0.4, -0.2) is 52.0 Å². The Morgan fingerprint density at radius 3 is 2.64 bits per heavy atom. The van der Waals surface area contributed by atoms with Crippen LogP contribution in [0.1, 0.15) is 55.2 Å². The van der Waals surface area contributed by atoms with Gasteiger partial charge in [0, 0.05) is 19.6 Å². The zero-order chi connectivity index (χ0) is 20.0. The summed E-state index contributed by atoms with van der Waals surface area (Å²) in [5, 5.41) is 11.3. The molecule has 1 aliphatic rings. The molecule has 0 spiro atoms. The third kappa shape index (κ3) is 4.74. The summed E-state index contributed by atoms with van der Waals surface area (Å²) >= 11 is 0. The summed E-state index contributed by atoms with van der Waals surface area (Å²) in [4.78, 5) is 12.5. The van der Waals surface area contributed by atoms with E-state index in [0.29, 0.717) is 25.5 Å². The van der Waals surface area contributed by atoms with Gasteiger partial charge >= 0.3 is 5.97 Å². The number of carbonyl (C=O) groups excluding carboxylic acids is 1. The van der Waals surface area contributed by atoms with Gasteiger partial charge in [-0.1, -0.05) is 25.8 Å². The molecule has 1 fully saturated rings. The molecular formula is C18H25N5O4S. The fraction of sp³-hybridized carbons (Fsp3) is 0.556. The number of tetrazole rings is 1. The Hall–Kier alpha value is -2.33. The number of aromatic nitrogens is 4. The molecule has 152 valence electrons. The fourth-order valence-electron chi connectivity index (χ4n) is 3.14. The molecule has 0 radical (unpaired) electrons. The number of hydrogen-bond acceptors (Lipinski definition) is 7. The molecule has 1 aromatic carbocycles. The molecule has 3 rings (SSSR count). The van der Waals surface area contributed by atoms with Crippen LogP contribution in [-0.2, 0) is 27.9 Å². The SMILES string of the molecule is CCCn1nnnc1COC(=O)c1cccc(S(=O)(=O)N2CCCCCC2)c1. The summed E-state index contributed by atoms with van der Waals surface area (Å²) in [7, 11) is -3.62. The van der Waals surface area contributed by atoms with Crippen LogP contribution in [0.25, 0.3) is 0 Å². The summed E-state index contributed by atoms with van der Waals surface area (Å²) < 4.78 is 34.2. The predicted octanol–water partition coefficient (Wildman–Crippen LogP) is 2.00. The monoisotopic (exact) mass is 407 g/mol. The lowest BCUT2D eigenvalue weighted by Gasteiger charge is -2.20. The maximum absolute atomic E-state index is 12.9. The second kappa shape index (κ2) is 9.24. The van der Waals surface area contributed by atoms with Crippen LogP contribution in [0, 0.1) is 0 Å². The van der Waals surface area contributed by atoms with Gasteiger partial charge in [0.1, 0.15) is 0 Å². The van der Waals surface area contributed by atoms with Crippen molar-refractivity contribution in [2.45, 2.75) is 57.1 Å². The lowest BCUT2D eigenvalue weighted by Crippen LogP contribution is -2.32. The van der Waals surface area contributed by atoms with Crippen molar-refractivity contribution in [3.05, 3.63) is 35.7 Å². The van der Waals surface area contributed by atoms with Crippen molar-refractivity contribution < 1.29 is 17.9 Å². The standard InChI is InChI=1S/C18H25N5O4S/c1-2-10-23-17(19-20-21-23)14-27-18(24)15-8-7-9-16(13-15)28(25,26)22-11-5-3-4-6-12-22/h7-9,13H,2-6,10-12,14H2,1H3. The number of sulfonamides is 1. The molecule has 0 aliphatic carbocycles. The first-order valence-corrected chi connectivity index (χ1v) is 11.0. The smallest absolute Gasteiger partial charge is 0.338 e. The van der Waals surface area contributed by atoms with E-state index in [4.69, 9.17) is 4.74 Å². The summed E-state index contributed by atoms with van der Waals surface area (Å²) in [6.07, 6.45) is 4.63. The highest BCUT2D eigenvalue weighted by molar-refractivity contribution is 7.89. The zero-order valence-electron chi connectivity index (χ0n) is 16.0. The molecule has 0 N–H and O–H groups in total. The third-order valence-corrected chi connectivity index (χ3v) is 6.54. The Morgan fingerprint density at radius 2 is 1.93 bits per heavy atom. The number of ether oxygens (including phenoxy) is 1. The van der Waals surface area contributed by atoms with E-state index >= 15 is 0 Å². The average molecular weight is 407 g/mol. The number of esters is 1. The van der Waals surface area contributed by atoms with Gasteiger partial charge in [-0.2, -0.15) is 4.31 Å². The maximum atomic E-state index is 12.9. The highest BCUT2D eigenvalue weighted by atomic mass is 32.2. The Balaban J connectivity index is 1.71. The Kier molecular flexibility index (Phi) is 6.74. The predicted molar refractivity (Wildman–Crippen MR) is 101 cm³/mol. The molecule has 1 aliphatic heterocycles. The summed E-state index contributed by atoms with van der Waals surface area (Å²) in [5.74, 6) is -0.164. The van der Waals surface area contributed by atoms with Crippen LogP contribution in [0.4, 0.5) is 0 Å². The lowest BCUT2D eigenvalue weighted by molar-refractivity contribution is 0.0456. The summed E-state index contributed by atoms with van der Waals surface area (Å²) in [6.45, 7) is 3.57. The average Bonchev–Trinajstić information content (AvgIpc) is 2.96. The molecule has 0 bridgehead atoms. The number of aryl methyl sites for hydroxylation is 1. The Morgan fingerprint density at radius 1 is 1.18 bits per heavy atom. The highest BCUT2D eigenvalue weighted by Crippen LogP contribution is 2.21. The second-order valence-electron chi connectivity index (χ2n) is 6.74. The van der Waals surface area contributed by atoms with Crippen LogP contribution >= 0.6 is 0 Å². The number of benzene rings is 1. The first kappa shape index (κ1) is 20.4. The van der Waals surface area contributed by atoms with E-state index in [9.17, 15) is 13.2 Å². The normalized spacial score (nSPS) is 15.9. The van der Waals surface area contributed by atoms with Crippen LogP contribution in [0.3, 0.4) is 0 Å². The molecule has 28 heavy (non-hydrogen) atoms. The van der Waals surface area contributed by atoms with E-state index in [1.807, 2.05) is 6.92 Å². The topological polar surface area (TPSA) is 107 Å². The van der Waals surface area contributed by atoms with Crippen molar-refractivity contribution in [2.24, 2.45) is 0 Å². The number of nitrogens with zero attached hydrogens (tertiary/aromatic N) is 5. The largest absolute Gasteiger partial charge is 0.454 e. The van der Waals surface area contributed by atoms with Gasteiger partial charge in [0.2, 0.25) is 10.0 Å². The lowest BCUT2D eigenvalue weighted by atomic mass is 10.2. The van der Waals surface area contributed by atoms with Gasteiger partial charge in [-0.15, -0.1) is 5.10 Å². The minimum atomic E-state index is -3.62. The van der Waals surface area contributed by atoms with E-state index < -0.39 is 16.0 Å². The van der Waals surface area contributed by atoms with Gasteiger partial charge in [-0.3, -0.25) is 0 Å². The van der Waals surface area contributed by atoms with Crippen molar-refractivity contribution in [3.63, 3.8) is 0 Å². The second-order valence-corrected chi connectivity index (χ2v) is 8.68. The minimum Gasteiger partial charge on any atom is -0.454 e. The quantitative estimate of drug-likeness (QED) is 0.646. The molecule has 0 unspecified atom stereocenters. The maximum Gasteiger partial charge on any atom is 0.338 e. The van der Waals surface area contributed by atoms with Gasteiger partial charge in [-0.25, -0.2) is 17.9 Å². The van der Waals surface area contributed by atoms with Gasteiger partial charge in [0.25, 0.3) is 0 Å². The van der Waals surface area contributed by atoms with E-state index in [1.54, 1.807) is 16.8 Å². The summed E-state index contributed by atoms with van der Waals surface area (Å²) in [5.41, 5.74) is 0.186. The number of carbonyl (C=O) groups is 1. The van der Waals surface area contributed by atoms with Gasteiger partial charge in [0.05, 0.1) is 10.5 Å². The van der Waals surface area contributed by atoms with Gasteiger partial charge in [-0.05, 0) is 47.9 Å². The fourth-order valence-corrected chi connectivity index (χ4v) is 4.70. The number of rotatable bonds is 7. The third-order valence-electron chi connectivity index (χ3n) is 4.65. The van der Waals surface area contributed by atoms with E-state index in [1.165, 1.54) is 16.4 Å². The molecule has 10 heteroatoms. The highest BCUT2D eigenvalue weighted by Gasteiger charge is 2.26. The first-order valence-electron chi connectivity index (χ1n) is 9.54. The van der Waals surface area contributed by atoms with E-state index in [2.05, 4.69) is 15.5 Å². The Bertz CT molecular complexity index is 904. The van der Waals surface area contributed by atoms with E-state index in [-0.39, 0.29) is 17.1 Å². The number of hydrogen-bond donors (Lipinski definition) is 0. The van der Waals surface area contributed by atoms with Crippen molar-refractivity contribution >= 4 is 16.0 Å². The first-order chi connectivity index (χ1) is 13.5. The zero-order valence-corrected chi connectivity index (χ0v) is 16.8. The van der Waals surface area contributed by atoms with Crippen molar-refractivity contribution in [2.75, 3.05) is 13.1 Å². The van der Waals surface area contributed by atoms with Gasteiger partial charge < -0.3 is 4.74 Å². The van der Waals surface area contributed by atoms with Crippen molar-refractivity contribution in [1.82, 2.24) is 24.5 Å². The van der Waals surface area contributed by atoms with Crippen molar-refractivity contribution in [1.29, 1.82) is 0 Å². The molecule has 2 heterocycles. The van der Waals surface area contributed by atoms with Crippen LogP contribution in [0.15, 0.2) is 29.2 Å². The van der Waals surface area contributed by atoms with Gasteiger partial charge in [0.15, 0.2) is 12.4 Å².